The standard InChI is InChI=1S/C12H12O5/c1-3-15-12(13)17-11-7-8-6-9(14-2)4-5-10(8)16-11/h4-7H,3H2,1-2H3. The maximum atomic E-state index is 11.1. The zero-order valence-electron chi connectivity index (χ0n) is 9.56. The Balaban J connectivity index is 2.22. The molecular formula is C12H12O5. The van der Waals surface area contributed by atoms with Crippen LogP contribution < -0.4 is 9.47 Å². The number of furan rings is 1. The summed E-state index contributed by atoms with van der Waals surface area (Å²) in [6.45, 7) is 1.96. The minimum atomic E-state index is -0.779. The van der Waals surface area contributed by atoms with Gasteiger partial charge in [-0.2, -0.15) is 0 Å². The van der Waals surface area contributed by atoms with E-state index < -0.39 is 6.16 Å². The molecule has 2 aromatic rings. The lowest BCUT2D eigenvalue weighted by atomic mass is 10.2. The second kappa shape index (κ2) is 4.78. The van der Waals surface area contributed by atoms with Gasteiger partial charge in [0.25, 0.3) is 5.95 Å². The van der Waals surface area contributed by atoms with Crippen LogP contribution in [-0.2, 0) is 4.74 Å². The lowest BCUT2D eigenvalue weighted by Gasteiger charge is -1.98. The molecule has 2 rings (SSSR count). The van der Waals surface area contributed by atoms with Crippen molar-refractivity contribution in [1.82, 2.24) is 0 Å². The predicted molar refractivity (Wildman–Crippen MR) is 60.4 cm³/mol. The van der Waals surface area contributed by atoms with E-state index in [-0.39, 0.29) is 12.6 Å². The van der Waals surface area contributed by atoms with Gasteiger partial charge < -0.3 is 18.6 Å². The van der Waals surface area contributed by atoms with Crippen molar-refractivity contribution in [3.8, 4) is 11.7 Å². The van der Waals surface area contributed by atoms with Crippen LogP contribution in [0.25, 0.3) is 11.0 Å². The molecule has 0 radical (unpaired) electrons. The minimum absolute atomic E-state index is 0.103. The molecule has 5 heteroatoms. The zero-order chi connectivity index (χ0) is 12.3. The number of ether oxygens (including phenoxy) is 3. The van der Waals surface area contributed by atoms with E-state index in [0.29, 0.717) is 11.3 Å². The molecule has 1 heterocycles. The summed E-state index contributed by atoms with van der Waals surface area (Å²) < 4.78 is 19.9. The molecule has 0 saturated heterocycles. The van der Waals surface area contributed by atoms with Gasteiger partial charge in [0.2, 0.25) is 0 Å². The third kappa shape index (κ3) is 2.50. The Hall–Kier alpha value is -2.17. The van der Waals surface area contributed by atoms with Gasteiger partial charge in [0.1, 0.15) is 11.3 Å². The number of benzene rings is 1. The Morgan fingerprint density at radius 1 is 1.35 bits per heavy atom. The molecule has 0 saturated carbocycles. The highest BCUT2D eigenvalue weighted by Crippen LogP contribution is 2.28. The summed E-state index contributed by atoms with van der Waals surface area (Å²) in [5.41, 5.74) is 0.616. The van der Waals surface area contributed by atoms with Crippen molar-refractivity contribution in [3.05, 3.63) is 24.3 Å². The fraction of sp³-hybridized carbons (Fsp3) is 0.250. The fourth-order valence-electron chi connectivity index (χ4n) is 1.40. The smallest absolute Gasteiger partial charge is 0.497 e. The van der Waals surface area contributed by atoms with Crippen molar-refractivity contribution < 1.29 is 23.4 Å². The van der Waals surface area contributed by atoms with Crippen molar-refractivity contribution in [2.24, 2.45) is 0 Å². The van der Waals surface area contributed by atoms with Crippen LogP contribution in [0.4, 0.5) is 4.79 Å². The molecule has 17 heavy (non-hydrogen) atoms. The molecule has 1 aromatic carbocycles. The van der Waals surface area contributed by atoms with Crippen molar-refractivity contribution in [1.29, 1.82) is 0 Å². The summed E-state index contributed by atoms with van der Waals surface area (Å²) in [6.07, 6.45) is -0.779. The Morgan fingerprint density at radius 2 is 2.18 bits per heavy atom. The topological polar surface area (TPSA) is 57.9 Å². The van der Waals surface area contributed by atoms with E-state index in [0.717, 1.165) is 5.39 Å². The number of carbonyl (C=O) groups is 1. The number of methoxy groups -OCH3 is 1. The molecule has 0 N–H and O–H groups in total. The maximum Gasteiger partial charge on any atom is 0.516 e. The van der Waals surface area contributed by atoms with E-state index >= 15 is 0 Å². The fourth-order valence-corrected chi connectivity index (χ4v) is 1.40. The molecule has 0 aliphatic heterocycles. The average molecular weight is 236 g/mol. The Morgan fingerprint density at radius 3 is 2.88 bits per heavy atom. The summed E-state index contributed by atoms with van der Waals surface area (Å²) in [5, 5.41) is 0.795. The number of hydrogen-bond acceptors (Lipinski definition) is 5. The molecule has 5 nitrogen and oxygen atoms in total. The first kappa shape index (κ1) is 11.3. The molecule has 1 aromatic heterocycles. The van der Waals surface area contributed by atoms with E-state index in [4.69, 9.17) is 13.9 Å². The SMILES string of the molecule is CCOC(=O)Oc1cc2cc(OC)ccc2o1. The van der Waals surface area contributed by atoms with Crippen molar-refractivity contribution in [2.75, 3.05) is 13.7 Å². The van der Waals surface area contributed by atoms with Gasteiger partial charge in [-0.3, -0.25) is 0 Å². The van der Waals surface area contributed by atoms with Gasteiger partial charge in [0.15, 0.2) is 0 Å². The Kier molecular flexibility index (Phi) is 3.18. The van der Waals surface area contributed by atoms with Crippen molar-refractivity contribution in [2.45, 2.75) is 6.92 Å². The van der Waals surface area contributed by atoms with Crippen LogP contribution in [0.5, 0.6) is 11.7 Å². The summed E-state index contributed by atoms with van der Waals surface area (Å²) >= 11 is 0. The van der Waals surface area contributed by atoms with E-state index in [1.54, 1.807) is 38.3 Å². The lowest BCUT2D eigenvalue weighted by molar-refractivity contribution is 0.0957. The van der Waals surface area contributed by atoms with Gasteiger partial charge in [-0.1, -0.05) is 0 Å². The van der Waals surface area contributed by atoms with Crippen LogP contribution in [0, 0.1) is 0 Å². The maximum absolute atomic E-state index is 11.1. The molecule has 90 valence electrons. The minimum Gasteiger partial charge on any atom is -0.497 e. The predicted octanol–water partition coefficient (Wildman–Crippen LogP) is 2.98. The first-order chi connectivity index (χ1) is 8.22. The summed E-state index contributed by atoms with van der Waals surface area (Å²) in [7, 11) is 1.58. The molecule has 0 aliphatic rings. The van der Waals surface area contributed by atoms with Gasteiger partial charge >= 0.3 is 6.16 Å². The van der Waals surface area contributed by atoms with Crippen LogP contribution in [0.1, 0.15) is 6.92 Å². The van der Waals surface area contributed by atoms with Crippen molar-refractivity contribution >= 4 is 17.1 Å². The van der Waals surface area contributed by atoms with Crippen LogP contribution in [0.3, 0.4) is 0 Å². The second-order valence-electron chi connectivity index (χ2n) is 3.25. The molecular weight excluding hydrogens is 224 g/mol. The average Bonchev–Trinajstić information content (AvgIpc) is 2.69. The highest BCUT2D eigenvalue weighted by atomic mass is 16.8. The molecule has 0 spiro atoms. The molecule has 0 fully saturated rings. The van der Waals surface area contributed by atoms with Gasteiger partial charge in [-0.15, -0.1) is 0 Å². The quantitative estimate of drug-likeness (QED) is 0.767. The number of fused-ring (bicyclic) bond motifs is 1. The highest BCUT2D eigenvalue weighted by molar-refractivity contribution is 5.81. The van der Waals surface area contributed by atoms with E-state index in [1.807, 2.05) is 0 Å². The number of rotatable bonds is 3. The highest BCUT2D eigenvalue weighted by Gasteiger charge is 2.10. The summed E-state index contributed by atoms with van der Waals surface area (Å²) in [6, 6.07) is 6.90. The zero-order valence-corrected chi connectivity index (χ0v) is 9.56. The van der Waals surface area contributed by atoms with E-state index in [1.165, 1.54) is 0 Å². The van der Waals surface area contributed by atoms with Gasteiger partial charge in [0.05, 0.1) is 13.7 Å². The van der Waals surface area contributed by atoms with Crippen LogP contribution in [0.15, 0.2) is 28.7 Å². The van der Waals surface area contributed by atoms with E-state index in [2.05, 4.69) is 4.74 Å². The van der Waals surface area contributed by atoms with Gasteiger partial charge in [-0.05, 0) is 25.1 Å². The first-order valence-electron chi connectivity index (χ1n) is 5.15. The first-order valence-corrected chi connectivity index (χ1v) is 5.15. The van der Waals surface area contributed by atoms with Crippen molar-refractivity contribution in [3.63, 3.8) is 0 Å². The Bertz CT molecular complexity index is 529. The third-order valence-corrected chi connectivity index (χ3v) is 2.15. The third-order valence-electron chi connectivity index (χ3n) is 2.15. The number of carbonyl (C=O) groups excluding carboxylic acids is 1. The number of hydrogen-bond donors (Lipinski definition) is 0. The van der Waals surface area contributed by atoms with Crippen LogP contribution >= 0.6 is 0 Å². The van der Waals surface area contributed by atoms with Gasteiger partial charge in [-0.25, -0.2) is 4.79 Å². The molecule has 0 amide bonds. The van der Waals surface area contributed by atoms with Crippen LogP contribution in [0.2, 0.25) is 0 Å². The lowest BCUT2D eigenvalue weighted by Crippen LogP contribution is -2.09. The largest absolute Gasteiger partial charge is 0.516 e. The summed E-state index contributed by atoms with van der Waals surface area (Å²) in [4.78, 5) is 11.1. The van der Waals surface area contributed by atoms with Crippen LogP contribution in [-0.4, -0.2) is 19.9 Å². The molecule has 0 bridgehead atoms. The molecule has 0 unspecified atom stereocenters. The molecule has 0 aliphatic carbocycles. The molecule has 0 atom stereocenters. The normalized spacial score (nSPS) is 10.2. The summed E-state index contributed by atoms with van der Waals surface area (Å²) in [5.74, 6) is 0.813. The van der Waals surface area contributed by atoms with E-state index in [9.17, 15) is 4.79 Å². The van der Waals surface area contributed by atoms with Gasteiger partial charge in [0, 0.05) is 11.5 Å². The second-order valence-corrected chi connectivity index (χ2v) is 3.25. The Labute approximate surface area is 97.9 Å². The monoisotopic (exact) mass is 236 g/mol.